The molecule has 2 aliphatic rings. The summed E-state index contributed by atoms with van der Waals surface area (Å²) < 4.78 is 0. The van der Waals surface area contributed by atoms with Crippen LogP contribution in [0.4, 0.5) is 0 Å². The number of aliphatic carboxylic acids is 2. The maximum atomic E-state index is 12.4. The summed E-state index contributed by atoms with van der Waals surface area (Å²) in [6.45, 7) is 0. The number of carboxylic acid groups (broad SMARTS) is 4. The molecule has 37 heavy (non-hydrogen) atoms. The van der Waals surface area contributed by atoms with Crippen LogP contribution in [0.2, 0.25) is 0 Å². The molecule has 8 bridgehead atoms. The molecule has 0 aromatic carbocycles. The molecule has 0 atom stereocenters. The molecule has 13 heteroatoms. The van der Waals surface area contributed by atoms with E-state index in [1.54, 1.807) is 30.4 Å². The van der Waals surface area contributed by atoms with Crippen LogP contribution in [0.5, 0.6) is 0 Å². The zero-order chi connectivity index (χ0) is 25.7. The average molecular weight is 534 g/mol. The van der Waals surface area contributed by atoms with Crippen LogP contribution < -0.4 is 0 Å². The molecule has 0 spiro atoms. The molecule has 5 rings (SSSR count). The van der Waals surface area contributed by atoms with Gasteiger partial charge in [-0.25, -0.2) is 29.1 Å². The van der Waals surface area contributed by atoms with Crippen LogP contribution in [0.3, 0.4) is 0 Å². The molecule has 3 aromatic rings. The number of aromatic nitrogens is 4. The van der Waals surface area contributed by atoms with E-state index in [4.69, 9.17) is 0 Å². The van der Waals surface area contributed by atoms with Gasteiger partial charge in [-0.15, -0.1) is 0 Å². The zero-order valence-corrected chi connectivity index (χ0v) is 20.0. The molecule has 0 fully saturated rings. The summed E-state index contributed by atoms with van der Waals surface area (Å²) in [5.74, 6) is -6.60. The second kappa shape index (κ2) is 9.34. The Bertz CT molecular complexity index is 1760. The van der Waals surface area contributed by atoms with Gasteiger partial charge in [0.2, 0.25) is 0 Å². The molecule has 0 aliphatic carbocycles. The molecule has 0 unspecified atom stereocenters. The maximum Gasteiger partial charge on any atom is 0.340 e. The van der Waals surface area contributed by atoms with Gasteiger partial charge in [-0.3, -0.25) is 0 Å². The van der Waals surface area contributed by atoms with Gasteiger partial charge in [0.25, 0.3) is 0 Å². The molecule has 5 heterocycles. The van der Waals surface area contributed by atoms with E-state index < -0.39 is 57.4 Å². The number of aromatic carboxylic acids is 2. The fourth-order valence-corrected chi connectivity index (χ4v) is 4.05. The topological polar surface area (TPSA) is 207 Å². The first-order valence-electron chi connectivity index (χ1n) is 10.2. The van der Waals surface area contributed by atoms with Crippen LogP contribution in [0, 0.1) is 0 Å². The SMILES string of the molecule is O=C(O)C1=C(C(=O)O)c2nc1cc1nc(cc3ccc(cc4cc(C(=O)O)c([nH]4)c2C(=O)O)[nH]3)C=C1.[Ti]. The first-order chi connectivity index (χ1) is 17.1. The Morgan fingerprint density at radius 2 is 1.27 bits per heavy atom. The van der Waals surface area contributed by atoms with E-state index in [-0.39, 0.29) is 38.6 Å². The summed E-state index contributed by atoms with van der Waals surface area (Å²) in [7, 11) is 0. The van der Waals surface area contributed by atoms with E-state index in [0.29, 0.717) is 16.7 Å². The number of H-pyrrole nitrogens is 2. The quantitative estimate of drug-likeness (QED) is 0.211. The van der Waals surface area contributed by atoms with Crippen LogP contribution in [0.15, 0.2) is 36.4 Å². The summed E-state index contributed by atoms with van der Waals surface area (Å²) in [4.78, 5) is 62.8. The minimum absolute atomic E-state index is 0. The smallest absolute Gasteiger partial charge is 0.340 e. The third-order valence-corrected chi connectivity index (χ3v) is 5.49. The molecule has 6 N–H and O–H groups in total. The standard InChI is InChI=1S/C24H14N4O8.Ti/c29-21(30)14-7-13-6-11-2-1-9(25-11)5-10-3-4-12(26-10)8-15-16(22(31)32)17(23(33)34)20(28-15)18(24(35)36)19(14)27-13;/h1-8,25,27H,(H,29,30)(H,31,32)(H,33,34)(H,35,36);. The van der Waals surface area contributed by atoms with Crippen molar-refractivity contribution in [2.75, 3.05) is 0 Å². The molecular weight excluding hydrogens is 520 g/mol. The van der Waals surface area contributed by atoms with E-state index in [0.717, 1.165) is 0 Å². The van der Waals surface area contributed by atoms with Crippen molar-refractivity contribution in [2.45, 2.75) is 0 Å². The van der Waals surface area contributed by atoms with Crippen molar-refractivity contribution in [3.8, 4) is 0 Å². The van der Waals surface area contributed by atoms with Gasteiger partial charge in [-0.05, 0) is 48.6 Å². The number of hydrogen-bond acceptors (Lipinski definition) is 6. The second-order valence-corrected chi connectivity index (χ2v) is 7.80. The van der Waals surface area contributed by atoms with Crippen molar-refractivity contribution in [1.29, 1.82) is 0 Å². The minimum atomic E-state index is -1.75. The molecule has 0 saturated carbocycles. The Balaban J connectivity index is 0.00000320. The van der Waals surface area contributed by atoms with E-state index in [1.807, 2.05) is 0 Å². The molecule has 0 amide bonds. The van der Waals surface area contributed by atoms with Gasteiger partial charge >= 0.3 is 23.9 Å². The number of hydrogen-bond donors (Lipinski definition) is 6. The van der Waals surface area contributed by atoms with Gasteiger partial charge in [0.1, 0.15) is 16.7 Å². The Morgan fingerprint density at radius 1 is 0.649 bits per heavy atom. The van der Waals surface area contributed by atoms with Crippen LogP contribution in [-0.2, 0) is 31.3 Å². The van der Waals surface area contributed by atoms with Crippen molar-refractivity contribution in [2.24, 2.45) is 0 Å². The van der Waals surface area contributed by atoms with Crippen LogP contribution >= 0.6 is 0 Å². The predicted octanol–water partition coefficient (Wildman–Crippen LogP) is 2.96. The summed E-state index contributed by atoms with van der Waals surface area (Å²) in [6, 6.07) is 9.11. The Morgan fingerprint density at radius 3 is 1.86 bits per heavy atom. The van der Waals surface area contributed by atoms with Crippen LogP contribution in [0.1, 0.15) is 43.5 Å². The van der Waals surface area contributed by atoms with Gasteiger partial charge in [-0.2, -0.15) is 0 Å². The van der Waals surface area contributed by atoms with Gasteiger partial charge in [0, 0.05) is 38.3 Å². The van der Waals surface area contributed by atoms with Crippen LogP contribution in [-0.4, -0.2) is 64.2 Å². The van der Waals surface area contributed by atoms with Gasteiger partial charge in [0.15, 0.2) is 0 Å². The van der Waals surface area contributed by atoms with Gasteiger partial charge < -0.3 is 30.4 Å². The number of carbonyl (C=O) groups is 4. The summed E-state index contributed by atoms with van der Waals surface area (Å²) >= 11 is 0. The maximum absolute atomic E-state index is 12.4. The second-order valence-electron chi connectivity index (χ2n) is 7.80. The summed E-state index contributed by atoms with van der Waals surface area (Å²) in [6.07, 6.45) is 3.21. The van der Waals surface area contributed by atoms with Crippen molar-refractivity contribution in [1.82, 2.24) is 19.9 Å². The van der Waals surface area contributed by atoms with E-state index in [2.05, 4.69) is 19.9 Å². The minimum Gasteiger partial charge on any atom is -0.478 e. The van der Waals surface area contributed by atoms with E-state index in [9.17, 15) is 39.6 Å². The van der Waals surface area contributed by atoms with Crippen molar-refractivity contribution in [3.63, 3.8) is 0 Å². The molecular formula is C24H14N4O8Ti. The number of fused-ring (bicyclic) bond motifs is 8. The zero-order valence-electron chi connectivity index (χ0n) is 18.4. The predicted molar refractivity (Wildman–Crippen MR) is 126 cm³/mol. The number of rotatable bonds is 4. The van der Waals surface area contributed by atoms with E-state index >= 15 is 0 Å². The Kier molecular flexibility index (Phi) is 6.38. The Labute approximate surface area is 220 Å². The van der Waals surface area contributed by atoms with Crippen molar-refractivity contribution in [3.05, 3.63) is 70.3 Å². The van der Waals surface area contributed by atoms with Gasteiger partial charge in [-0.1, -0.05) is 0 Å². The normalized spacial score (nSPS) is 12.2. The number of carboxylic acids is 4. The largest absolute Gasteiger partial charge is 0.478 e. The third kappa shape index (κ3) is 4.46. The third-order valence-electron chi connectivity index (χ3n) is 5.49. The molecule has 182 valence electrons. The Hall–Kier alpha value is -4.81. The van der Waals surface area contributed by atoms with Gasteiger partial charge in [0.05, 0.1) is 33.9 Å². The monoisotopic (exact) mass is 534 g/mol. The fraction of sp³-hybridized carbons (Fsp3) is 0. The first kappa shape index (κ1) is 25.3. The number of aromatic amines is 2. The fourth-order valence-electron chi connectivity index (χ4n) is 4.05. The van der Waals surface area contributed by atoms with Crippen LogP contribution in [0.25, 0.3) is 45.4 Å². The molecule has 0 radical (unpaired) electrons. The van der Waals surface area contributed by atoms with Crippen molar-refractivity contribution >= 4 is 69.2 Å². The average Bonchev–Trinajstić information content (AvgIpc) is 3.56. The number of nitrogens with one attached hydrogen (secondary N) is 2. The first-order valence-corrected chi connectivity index (χ1v) is 10.2. The molecule has 2 aliphatic heterocycles. The summed E-state index contributed by atoms with van der Waals surface area (Å²) in [5, 5.41) is 39.4. The van der Waals surface area contributed by atoms with Crippen molar-refractivity contribution < 1.29 is 61.3 Å². The molecule has 0 saturated heterocycles. The van der Waals surface area contributed by atoms with E-state index in [1.165, 1.54) is 18.2 Å². The molecule has 12 nitrogen and oxygen atoms in total. The molecule has 3 aromatic heterocycles. The summed E-state index contributed by atoms with van der Waals surface area (Å²) in [5.41, 5.74) is -2.23. The number of nitrogens with zero attached hydrogens (tertiary/aromatic N) is 2.